The fourth-order valence-corrected chi connectivity index (χ4v) is 3.78. The largest absolute Gasteiger partial charge is 0.396 e. The van der Waals surface area contributed by atoms with E-state index in [0.717, 1.165) is 17.7 Å². The second-order valence-corrected chi connectivity index (χ2v) is 6.65. The minimum Gasteiger partial charge on any atom is -0.396 e. The molecule has 0 bridgehead atoms. The average molecular weight is 319 g/mol. The maximum Gasteiger partial charge on any atom is 0.272 e. The molecule has 1 atom stereocenters. The van der Waals surface area contributed by atoms with Gasteiger partial charge in [0, 0.05) is 17.7 Å². The molecule has 0 saturated heterocycles. The Morgan fingerprint density at radius 1 is 1.45 bits per heavy atom. The second-order valence-electron chi connectivity index (χ2n) is 5.67. The number of carbonyl (C=O) groups is 1. The molecule has 118 valence electrons. The summed E-state index contributed by atoms with van der Waals surface area (Å²) in [5.41, 5.74) is 0.450. The van der Waals surface area contributed by atoms with Crippen LogP contribution in [0.4, 0.5) is 0 Å². The molecule has 2 N–H and O–H groups in total. The van der Waals surface area contributed by atoms with Crippen LogP contribution in [0.3, 0.4) is 0 Å². The lowest BCUT2D eigenvalue weighted by molar-refractivity contribution is 0.0924. The zero-order valence-electron chi connectivity index (χ0n) is 12.4. The zero-order valence-corrected chi connectivity index (χ0v) is 13.3. The lowest BCUT2D eigenvalue weighted by atomic mass is 10.1. The van der Waals surface area contributed by atoms with E-state index < -0.39 is 0 Å². The predicted molar refractivity (Wildman–Crippen MR) is 86.0 cm³/mol. The first-order chi connectivity index (χ1) is 10.8. The SMILES string of the molecule is O=C(N[C@@H](CCO)c1cccs1)c1ccn(C2CCCC2)n1. The van der Waals surface area contributed by atoms with Gasteiger partial charge in [0.05, 0.1) is 12.1 Å². The van der Waals surface area contributed by atoms with Crippen molar-refractivity contribution in [2.75, 3.05) is 6.61 Å². The van der Waals surface area contributed by atoms with Gasteiger partial charge in [0.1, 0.15) is 5.69 Å². The first kappa shape index (κ1) is 15.2. The van der Waals surface area contributed by atoms with Crippen molar-refractivity contribution >= 4 is 17.2 Å². The molecule has 2 heterocycles. The zero-order chi connectivity index (χ0) is 15.4. The summed E-state index contributed by atoms with van der Waals surface area (Å²) in [6.45, 7) is 0.0410. The predicted octanol–water partition coefficient (Wildman–Crippen LogP) is 2.91. The summed E-state index contributed by atoms with van der Waals surface area (Å²) in [5, 5.41) is 18.6. The maximum absolute atomic E-state index is 12.4. The van der Waals surface area contributed by atoms with Gasteiger partial charge in [-0.25, -0.2) is 0 Å². The Balaban J connectivity index is 1.67. The molecule has 0 unspecified atom stereocenters. The third kappa shape index (κ3) is 3.39. The van der Waals surface area contributed by atoms with Crippen LogP contribution in [-0.2, 0) is 0 Å². The highest BCUT2D eigenvalue weighted by molar-refractivity contribution is 7.10. The highest BCUT2D eigenvalue weighted by Gasteiger charge is 2.21. The van der Waals surface area contributed by atoms with Crippen LogP contribution in [0, 0.1) is 0 Å². The number of hydrogen-bond acceptors (Lipinski definition) is 4. The van der Waals surface area contributed by atoms with E-state index in [0.29, 0.717) is 18.2 Å². The molecule has 1 amide bonds. The number of aliphatic hydroxyl groups is 1. The molecule has 1 fully saturated rings. The molecule has 1 saturated carbocycles. The summed E-state index contributed by atoms with van der Waals surface area (Å²) in [6.07, 6.45) is 7.18. The third-order valence-electron chi connectivity index (χ3n) is 4.15. The van der Waals surface area contributed by atoms with E-state index in [1.807, 2.05) is 28.4 Å². The van der Waals surface area contributed by atoms with E-state index in [-0.39, 0.29) is 18.6 Å². The molecule has 5 nitrogen and oxygen atoms in total. The number of aromatic nitrogens is 2. The highest BCUT2D eigenvalue weighted by Crippen LogP contribution is 2.28. The average Bonchev–Trinajstić information content (AvgIpc) is 3.26. The lowest BCUT2D eigenvalue weighted by Crippen LogP contribution is -2.29. The Kier molecular flexibility index (Phi) is 4.90. The Hall–Kier alpha value is -1.66. The van der Waals surface area contributed by atoms with Gasteiger partial charge in [0.15, 0.2) is 0 Å². The van der Waals surface area contributed by atoms with Crippen LogP contribution >= 0.6 is 11.3 Å². The van der Waals surface area contributed by atoms with E-state index >= 15 is 0 Å². The summed E-state index contributed by atoms with van der Waals surface area (Å²) in [7, 11) is 0. The maximum atomic E-state index is 12.4. The van der Waals surface area contributed by atoms with Crippen LogP contribution < -0.4 is 5.32 Å². The highest BCUT2D eigenvalue weighted by atomic mass is 32.1. The number of carbonyl (C=O) groups excluding carboxylic acids is 1. The Morgan fingerprint density at radius 3 is 2.95 bits per heavy atom. The molecule has 22 heavy (non-hydrogen) atoms. The number of rotatable bonds is 6. The van der Waals surface area contributed by atoms with Gasteiger partial charge in [-0.2, -0.15) is 5.10 Å². The molecule has 2 aromatic heterocycles. The monoisotopic (exact) mass is 319 g/mol. The fourth-order valence-electron chi connectivity index (χ4n) is 2.97. The van der Waals surface area contributed by atoms with Gasteiger partial charge in [-0.15, -0.1) is 11.3 Å². The first-order valence-corrected chi connectivity index (χ1v) is 8.66. The van der Waals surface area contributed by atoms with E-state index in [1.165, 1.54) is 12.8 Å². The van der Waals surface area contributed by atoms with Crippen LogP contribution in [0.25, 0.3) is 0 Å². The number of nitrogens with zero attached hydrogens (tertiary/aromatic N) is 2. The number of nitrogens with one attached hydrogen (secondary N) is 1. The van der Waals surface area contributed by atoms with Crippen LogP contribution in [-0.4, -0.2) is 27.4 Å². The van der Waals surface area contributed by atoms with Crippen molar-refractivity contribution in [3.63, 3.8) is 0 Å². The quantitative estimate of drug-likeness (QED) is 0.860. The molecule has 3 rings (SSSR count). The van der Waals surface area contributed by atoms with E-state index in [9.17, 15) is 9.90 Å². The van der Waals surface area contributed by atoms with Crippen LogP contribution in [0.15, 0.2) is 29.8 Å². The fraction of sp³-hybridized carbons (Fsp3) is 0.500. The minimum absolute atomic E-state index is 0.0410. The second kappa shape index (κ2) is 7.07. The van der Waals surface area contributed by atoms with Gasteiger partial charge in [0.25, 0.3) is 5.91 Å². The van der Waals surface area contributed by atoms with E-state index in [4.69, 9.17) is 0 Å². The molecular weight excluding hydrogens is 298 g/mol. The minimum atomic E-state index is -0.177. The normalized spacial score (nSPS) is 16.8. The number of amides is 1. The third-order valence-corrected chi connectivity index (χ3v) is 5.14. The first-order valence-electron chi connectivity index (χ1n) is 7.78. The molecule has 0 aliphatic heterocycles. The molecular formula is C16H21N3O2S. The topological polar surface area (TPSA) is 67.2 Å². The van der Waals surface area contributed by atoms with Crippen molar-refractivity contribution in [2.45, 2.75) is 44.2 Å². The van der Waals surface area contributed by atoms with Gasteiger partial charge in [-0.3, -0.25) is 9.48 Å². The van der Waals surface area contributed by atoms with E-state index in [1.54, 1.807) is 17.4 Å². The van der Waals surface area contributed by atoms with Gasteiger partial charge in [-0.05, 0) is 36.8 Å². The van der Waals surface area contributed by atoms with Crippen molar-refractivity contribution in [3.05, 3.63) is 40.3 Å². The number of thiophene rings is 1. The summed E-state index contributed by atoms with van der Waals surface area (Å²) in [5.74, 6) is -0.177. The summed E-state index contributed by atoms with van der Waals surface area (Å²) in [4.78, 5) is 13.4. The molecule has 1 aliphatic rings. The van der Waals surface area contributed by atoms with Crippen LogP contribution in [0.5, 0.6) is 0 Å². The molecule has 2 aromatic rings. The number of hydrogen-bond donors (Lipinski definition) is 2. The summed E-state index contributed by atoms with van der Waals surface area (Å²) >= 11 is 1.58. The molecule has 6 heteroatoms. The summed E-state index contributed by atoms with van der Waals surface area (Å²) in [6, 6.07) is 5.98. The van der Waals surface area contributed by atoms with Crippen LogP contribution in [0.2, 0.25) is 0 Å². The van der Waals surface area contributed by atoms with Crippen molar-refractivity contribution in [1.29, 1.82) is 0 Å². The number of aliphatic hydroxyl groups excluding tert-OH is 1. The lowest BCUT2D eigenvalue weighted by Gasteiger charge is -2.15. The van der Waals surface area contributed by atoms with Crippen LogP contribution in [0.1, 0.15) is 59.6 Å². The summed E-state index contributed by atoms with van der Waals surface area (Å²) < 4.78 is 1.92. The van der Waals surface area contributed by atoms with Crippen molar-refractivity contribution in [3.8, 4) is 0 Å². The van der Waals surface area contributed by atoms with Crippen molar-refractivity contribution < 1.29 is 9.90 Å². The van der Waals surface area contributed by atoms with E-state index in [2.05, 4.69) is 10.4 Å². The van der Waals surface area contributed by atoms with Gasteiger partial charge < -0.3 is 10.4 Å². The molecule has 0 spiro atoms. The molecule has 0 radical (unpaired) electrons. The Labute approximate surface area is 134 Å². The van der Waals surface area contributed by atoms with Crippen molar-refractivity contribution in [2.24, 2.45) is 0 Å². The van der Waals surface area contributed by atoms with Crippen molar-refractivity contribution in [1.82, 2.24) is 15.1 Å². The Bertz CT molecular complexity index is 603. The van der Waals surface area contributed by atoms with Gasteiger partial charge in [-0.1, -0.05) is 18.9 Å². The van der Waals surface area contributed by atoms with Gasteiger partial charge in [0.2, 0.25) is 0 Å². The smallest absolute Gasteiger partial charge is 0.272 e. The molecule has 0 aromatic carbocycles. The molecule has 1 aliphatic carbocycles. The Morgan fingerprint density at radius 2 is 2.27 bits per heavy atom. The standard InChI is InChI=1S/C16H21N3O2S/c20-10-8-13(15-6-3-11-22-15)17-16(21)14-7-9-19(18-14)12-4-1-2-5-12/h3,6-7,9,11-13,20H,1-2,4-5,8,10H2,(H,17,21)/t13-/m0/s1. The van der Waals surface area contributed by atoms with Gasteiger partial charge >= 0.3 is 0 Å².